The Kier molecular flexibility index (Phi) is 4.60. The lowest BCUT2D eigenvalue weighted by Crippen LogP contribution is -2.39. The lowest BCUT2D eigenvalue weighted by atomic mass is 10.1. The highest BCUT2D eigenvalue weighted by Crippen LogP contribution is 2.47. The third-order valence-corrected chi connectivity index (χ3v) is 6.91. The molecule has 3 aromatic heterocycles. The Bertz CT molecular complexity index is 1380. The van der Waals surface area contributed by atoms with E-state index in [-0.39, 0.29) is 11.0 Å². The Morgan fingerprint density at radius 1 is 1.16 bits per heavy atom. The van der Waals surface area contributed by atoms with Crippen LogP contribution < -0.4 is 5.56 Å². The van der Waals surface area contributed by atoms with Gasteiger partial charge in [0.15, 0.2) is 0 Å². The van der Waals surface area contributed by atoms with Gasteiger partial charge in [-0.15, -0.1) is 0 Å². The number of fused-ring (bicyclic) bond motifs is 3. The Balaban J connectivity index is 1.50. The quantitative estimate of drug-likeness (QED) is 0.458. The molecule has 0 bridgehead atoms. The Hall–Kier alpha value is -2.75. The maximum absolute atomic E-state index is 13.8. The molecule has 1 aliphatic carbocycles. The van der Waals surface area contributed by atoms with Crippen LogP contribution in [0.5, 0.6) is 0 Å². The topological polar surface area (TPSA) is 90.7 Å². The van der Waals surface area contributed by atoms with Crippen LogP contribution in [0.1, 0.15) is 25.7 Å². The second-order valence-electron chi connectivity index (χ2n) is 8.81. The van der Waals surface area contributed by atoms with Crippen molar-refractivity contribution in [3.63, 3.8) is 0 Å². The van der Waals surface area contributed by atoms with Gasteiger partial charge in [0.05, 0.1) is 29.3 Å². The third-order valence-electron chi connectivity index (χ3n) is 6.61. The molecule has 166 valence electrons. The van der Waals surface area contributed by atoms with Gasteiger partial charge in [-0.05, 0) is 25.0 Å². The normalized spacial score (nSPS) is 18.6. The average Bonchev–Trinajstić information content (AvgIpc) is 3.19. The number of benzene rings is 1. The van der Waals surface area contributed by atoms with Gasteiger partial charge in [0, 0.05) is 31.6 Å². The molecular formula is C22H23ClN6O3. The highest BCUT2D eigenvalue weighted by molar-refractivity contribution is 6.35. The predicted octanol–water partition coefficient (Wildman–Crippen LogP) is 2.74. The van der Waals surface area contributed by atoms with Crippen molar-refractivity contribution < 1.29 is 9.26 Å². The summed E-state index contributed by atoms with van der Waals surface area (Å²) in [6, 6.07) is 5.62. The Labute approximate surface area is 188 Å². The molecule has 0 spiro atoms. The Morgan fingerprint density at radius 3 is 2.75 bits per heavy atom. The molecule has 6 rings (SSSR count). The molecular weight excluding hydrogens is 432 g/mol. The van der Waals surface area contributed by atoms with Crippen molar-refractivity contribution in [3.8, 4) is 11.5 Å². The van der Waals surface area contributed by atoms with Crippen molar-refractivity contribution in [3.05, 3.63) is 45.8 Å². The van der Waals surface area contributed by atoms with Crippen LogP contribution in [-0.2, 0) is 16.7 Å². The molecule has 0 radical (unpaired) electrons. The second-order valence-corrected chi connectivity index (χ2v) is 9.22. The van der Waals surface area contributed by atoms with E-state index in [4.69, 9.17) is 20.9 Å². The minimum atomic E-state index is -0.171. The van der Waals surface area contributed by atoms with E-state index in [9.17, 15) is 4.79 Å². The van der Waals surface area contributed by atoms with E-state index < -0.39 is 0 Å². The van der Waals surface area contributed by atoms with Crippen molar-refractivity contribution >= 4 is 28.2 Å². The summed E-state index contributed by atoms with van der Waals surface area (Å²) in [6.45, 7) is 6.46. The number of nitrogens with zero attached hydrogens (tertiary/aromatic N) is 6. The molecule has 0 N–H and O–H groups in total. The SMILES string of the molecule is CC1(c2nc(-c3ncn4c3c(=O)n(CCN3CCOCC3)c3c(Cl)cccc34)no2)CC1. The van der Waals surface area contributed by atoms with Gasteiger partial charge >= 0.3 is 0 Å². The smallest absolute Gasteiger partial charge is 0.277 e. The van der Waals surface area contributed by atoms with Gasteiger partial charge < -0.3 is 13.8 Å². The van der Waals surface area contributed by atoms with Crippen LogP contribution in [0.4, 0.5) is 0 Å². The van der Waals surface area contributed by atoms with E-state index >= 15 is 0 Å². The summed E-state index contributed by atoms with van der Waals surface area (Å²) < 4.78 is 14.5. The molecule has 4 aromatic rings. The van der Waals surface area contributed by atoms with Gasteiger partial charge in [0.25, 0.3) is 5.56 Å². The predicted molar refractivity (Wildman–Crippen MR) is 119 cm³/mol. The van der Waals surface area contributed by atoms with Gasteiger partial charge in [-0.1, -0.05) is 29.7 Å². The van der Waals surface area contributed by atoms with E-state index in [1.807, 2.05) is 12.1 Å². The molecule has 0 amide bonds. The molecule has 2 fully saturated rings. The first kappa shape index (κ1) is 19.9. The zero-order valence-electron chi connectivity index (χ0n) is 17.8. The summed E-state index contributed by atoms with van der Waals surface area (Å²) >= 11 is 6.57. The van der Waals surface area contributed by atoms with Crippen LogP contribution in [0, 0.1) is 0 Å². The first-order chi connectivity index (χ1) is 15.5. The summed E-state index contributed by atoms with van der Waals surface area (Å²) in [4.78, 5) is 25.1. The number of hydrogen-bond donors (Lipinski definition) is 0. The lowest BCUT2D eigenvalue weighted by Gasteiger charge is -2.27. The van der Waals surface area contributed by atoms with Crippen molar-refractivity contribution in [2.45, 2.75) is 31.7 Å². The molecule has 2 aliphatic rings. The van der Waals surface area contributed by atoms with Crippen LogP contribution in [0.25, 0.3) is 28.1 Å². The highest BCUT2D eigenvalue weighted by atomic mass is 35.5. The van der Waals surface area contributed by atoms with Crippen molar-refractivity contribution in [2.75, 3.05) is 32.8 Å². The van der Waals surface area contributed by atoms with Crippen molar-refractivity contribution in [1.82, 2.24) is 29.0 Å². The summed E-state index contributed by atoms with van der Waals surface area (Å²) in [6.07, 6.45) is 3.68. The fourth-order valence-corrected chi connectivity index (χ4v) is 4.61. The maximum Gasteiger partial charge on any atom is 0.277 e. The van der Waals surface area contributed by atoms with Gasteiger partial charge in [0.2, 0.25) is 11.7 Å². The summed E-state index contributed by atoms with van der Waals surface area (Å²) in [5.74, 6) is 0.943. The highest BCUT2D eigenvalue weighted by Gasteiger charge is 2.44. The number of para-hydroxylation sites is 1. The summed E-state index contributed by atoms with van der Waals surface area (Å²) in [5, 5.41) is 4.67. The van der Waals surface area contributed by atoms with E-state index in [1.54, 1.807) is 21.4 Å². The number of hydrogen-bond acceptors (Lipinski definition) is 7. The molecule has 1 saturated heterocycles. The summed E-state index contributed by atoms with van der Waals surface area (Å²) in [5.41, 5.74) is 2.13. The number of halogens is 1. The van der Waals surface area contributed by atoms with E-state index in [2.05, 4.69) is 26.9 Å². The van der Waals surface area contributed by atoms with Crippen molar-refractivity contribution in [2.24, 2.45) is 0 Å². The first-order valence-electron chi connectivity index (χ1n) is 10.9. The van der Waals surface area contributed by atoms with Gasteiger partial charge in [-0.2, -0.15) is 4.98 Å². The van der Waals surface area contributed by atoms with Crippen LogP contribution in [0.15, 0.2) is 33.8 Å². The molecule has 1 aromatic carbocycles. The number of imidazole rings is 1. The van der Waals surface area contributed by atoms with Crippen LogP contribution in [0.3, 0.4) is 0 Å². The molecule has 10 heteroatoms. The van der Waals surface area contributed by atoms with Crippen LogP contribution >= 0.6 is 11.6 Å². The molecule has 1 saturated carbocycles. The Morgan fingerprint density at radius 2 is 1.97 bits per heavy atom. The molecule has 32 heavy (non-hydrogen) atoms. The number of rotatable bonds is 5. The fraction of sp³-hybridized carbons (Fsp3) is 0.455. The second kappa shape index (κ2) is 7.40. The van der Waals surface area contributed by atoms with Crippen LogP contribution in [0.2, 0.25) is 5.02 Å². The molecule has 4 heterocycles. The van der Waals surface area contributed by atoms with E-state index in [0.29, 0.717) is 53.2 Å². The fourth-order valence-electron chi connectivity index (χ4n) is 4.34. The van der Waals surface area contributed by atoms with E-state index in [1.165, 1.54) is 0 Å². The van der Waals surface area contributed by atoms with Gasteiger partial charge in [-0.25, -0.2) is 4.98 Å². The average molecular weight is 455 g/mol. The molecule has 0 atom stereocenters. The molecule has 9 nitrogen and oxygen atoms in total. The zero-order valence-corrected chi connectivity index (χ0v) is 18.5. The number of aromatic nitrogens is 5. The molecule has 1 aliphatic heterocycles. The van der Waals surface area contributed by atoms with Gasteiger partial charge in [-0.3, -0.25) is 14.1 Å². The first-order valence-corrected chi connectivity index (χ1v) is 11.3. The number of morpholine rings is 1. The van der Waals surface area contributed by atoms with Crippen LogP contribution in [-0.4, -0.2) is 61.8 Å². The molecule has 0 unspecified atom stereocenters. The lowest BCUT2D eigenvalue weighted by molar-refractivity contribution is 0.0364. The minimum Gasteiger partial charge on any atom is -0.379 e. The summed E-state index contributed by atoms with van der Waals surface area (Å²) in [7, 11) is 0. The van der Waals surface area contributed by atoms with E-state index in [0.717, 1.165) is 38.0 Å². The largest absolute Gasteiger partial charge is 0.379 e. The maximum atomic E-state index is 13.8. The minimum absolute atomic E-state index is 0.0562. The number of ether oxygens (including phenoxy) is 1. The standard InChI is InChI=1S/C22H23ClN6O3/c1-22(5-6-22)21-25-19(26-32-21)16-18-20(30)28(8-7-27-9-11-31-12-10-27)17-14(23)3-2-4-15(17)29(18)13-24-16/h2-4,13H,5-12H2,1H3. The van der Waals surface area contributed by atoms with Gasteiger partial charge in [0.1, 0.15) is 17.5 Å². The van der Waals surface area contributed by atoms with Crippen molar-refractivity contribution in [1.29, 1.82) is 0 Å². The third kappa shape index (κ3) is 3.15. The zero-order chi connectivity index (χ0) is 21.9. The monoisotopic (exact) mass is 454 g/mol.